The quantitative estimate of drug-likeness (QED) is 0.783. The van der Waals surface area contributed by atoms with Gasteiger partial charge in [-0.1, -0.05) is 30.3 Å². The Balaban J connectivity index is 1.76. The van der Waals surface area contributed by atoms with E-state index in [9.17, 15) is 4.79 Å². The van der Waals surface area contributed by atoms with E-state index in [1.54, 1.807) is 0 Å². The number of hydrogen-bond donors (Lipinski definition) is 1. The summed E-state index contributed by atoms with van der Waals surface area (Å²) in [7, 11) is 0. The fraction of sp³-hybridized carbons (Fsp3) is 0.500. The van der Waals surface area contributed by atoms with E-state index in [-0.39, 0.29) is 0 Å². The lowest BCUT2D eigenvalue weighted by Gasteiger charge is -2.28. The number of morpholine rings is 1. The van der Waals surface area contributed by atoms with Crippen molar-refractivity contribution in [3.05, 3.63) is 35.9 Å². The van der Waals surface area contributed by atoms with Gasteiger partial charge in [0.25, 0.3) is 0 Å². The van der Waals surface area contributed by atoms with Crippen molar-refractivity contribution in [2.45, 2.75) is 6.61 Å². The number of ether oxygens (including phenoxy) is 1. The van der Waals surface area contributed by atoms with Crippen LogP contribution in [-0.4, -0.2) is 55.4 Å². The molecule has 1 heterocycles. The lowest BCUT2D eigenvalue weighted by Crippen LogP contribution is -2.44. The topological polar surface area (TPSA) is 68.0 Å². The van der Waals surface area contributed by atoms with Crippen LogP contribution in [0.4, 0.5) is 4.79 Å². The Bertz CT molecular complexity index is 407. The number of benzene rings is 1. The molecule has 0 bridgehead atoms. The van der Waals surface area contributed by atoms with E-state index in [1.807, 2.05) is 30.3 Å². The smallest absolute Gasteiger partial charge is 0.338 e. The molecule has 1 saturated heterocycles. The van der Waals surface area contributed by atoms with Crippen molar-refractivity contribution in [1.82, 2.24) is 9.96 Å². The van der Waals surface area contributed by atoms with Crippen LogP contribution < -0.4 is 5.73 Å². The maximum atomic E-state index is 11.4. The first-order valence-electron chi connectivity index (χ1n) is 6.79. The van der Waals surface area contributed by atoms with Crippen LogP contribution in [0.5, 0.6) is 0 Å². The van der Waals surface area contributed by atoms with Crippen molar-refractivity contribution >= 4 is 6.03 Å². The first-order valence-corrected chi connectivity index (χ1v) is 6.79. The Morgan fingerprint density at radius 2 is 2.00 bits per heavy atom. The van der Waals surface area contributed by atoms with Gasteiger partial charge in [-0.3, -0.25) is 9.74 Å². The number of hydrogen-bond acceptors (Lipinski definition) is 4. The molecule has 1 fully saturated rings. The summed E-state index contributed by atoms with van der Waals surface area (Å²) in [6.07, 6.45) is 0. The molecule has 1 aliphatic heterocycles. The third-order valence-electron chi connectivity index (χ3n) is 3.20. The van der Waals surface area contributed by atoms with E-state index >= 15 is 0 Å². The molecule has 0 unspecified atom stereocenters. The number of hydroxylamine groups is 2. The Kier molecular flexibility index (Phi) is 5.79. The number of nitrogens with zero attached hydrogens (tertiary/aromatic N) is 2. The molecule has 1 aromatic rings. The summed E-state index contributed by atoms with van der Waals surface area (Å²) in [6.45, 7) is 4.77. The van der Waals surface area contributed by atoms with E-state index in [4.69, 9.17) is 15.3 Å². The normalized spacial score (nSPS) is 16.0. The highest BCUT2D eigenvalue weighted by molar-refractivity contribution is 5.70. The highest BCUT2D eigenvalue weighted by Gasteiger charge is 2.15. The van der Waals surface area contributed by atoms with Gasteiger partial charge < -0.3 is 10.5 Å². The maximum Gasteiger partial charge on any atom is 0.338 e. The highest BCUT2D eigenvalue weighted by atomic mass is 16.7. The fourth-order valence-corrected chi connectivity index (χ4v) is 2.02. The molecule has 0 aliphatic carbocycles. The van der Waals surface area contributed by atoms with E-state index in [0.29, 0.717) is 13.2 Å². The monoisotopic (exact) mass is 279 g/mol. The van der Waals surface area contributed by atoms with Crippen LogP contribution in [0.15, 0.2) is 30.3 Å². The summed E-state index contributed by atoms with van der Waals surface area (Å²) in [4.78, 5) is 19.1. The van der Waals surface area contributed by atoms with Gasteiger partial charge in [-0.25, -0.2) is 9.86 Å². The maximum absolute atomic E-state index is 11.4. The summed E-state index contributed by atoms with van der Waals surface area (Å²) >= 11 is 0. The zero-order valence-electron chi connectivity index (χ0n) is 11.5. The summed E-state index contributed by atoms with van der Waals surface area (Å²) < 4.78 is 5.28. The van der Waals surface area contributed by atoms with Gasteiger partial charge >= 0.3 is 6.03 Å². The largest absolute Gasteiger partial charge is 0.379 e. The minimum Gasteiger partial charge on any atom is -0.379 e. The van der Waals surface area contributed by atoms with Gasteiger partial charge in [0.1, 0.15) is 6.61 Å². The Labute approximate surface area is 119 Å². The lowest BCUT2D eigenvalue weighted by atomic mass is 10.2. The first-order chi connectivity index (χ1) is 9.75. The van der Waals surface area contributed by atoms with Gasteiger partial charge in [0.2, 0.25) is 0 Å². The van der Waals surface area contributed by atoms with Crippen molar-refractivity contribution in [3.63, 3.8) is 0 Å². The lowest BCUT2D eigenvalue weighted by molar-refractivity contribution is -0.130. The number of carbonyl (C=O) groups excluding carboxylic acids is 1. The van der Waals surface area contributed by atoms with Crippen molar-refractivity contribution in [2.75, 3.05) is 39.4 Å². The van der Waals surface area contributed by atoms with Gasteiger partial charge in [0, 0.05) is 19.6 Å². The molecule has 0 saturated carbocycles. The molecule has 0 atom stereocenters. The Hall–Kier alpha value is -1.63. The Morgan fingerprint density at radius 3 is 2.65 bits per heavy atom. The average Bonchev–Trinajstić information content (AvgIpc) is 2.49. The van der Waals surface area contributed by atoms with Crippen LogP contribution >= 0.6 is 0 Å². The molecular formula is C14H21N3O3. The van der Waals surface area contributed by atoms with E-state index in [0.717, 1.165) is 38.4 Å². The summed E-state index contributed by atoms with van der Waals surface area (Å²) in [5.41, 5.74) is 6.34. The minimum absolute atomic E-state index is 0.340. The molecule has 0 spiro atoms. The van der Waals surface area contributed by atoms with Crippen LogP contribution in [0.1, 0.15) is 5.56 Å². The summed E-state index contributed by atoms with van der Waals surface area (Å²) in [6, 6.07) is 9.13. The standard InChI is InChI=1S/C14H21N3O3/c15-14(18)17(7-6-16-8-10-19-11-9-16)20-12-13-4-2-1-3-5-13/h1-5H,6-12H2,(H2,15,18). The van der Waals surface area contributed by atoms with Crippen molar-refractivity contribution in [2.24, 2.45) is 5.73 Å². The molecule has 6 nitrogen and oxygen atoms in total. The fourth-order valence-electron chi connectivity index (χ4n) is 2.02. The predicted octanol–water partition coefficient (Wildman–Crippen LogP) is 0.831. The van der Waals surface area contributed by atoms with Crippen LogP contribution in [0.25, 0.3) is 0 Å². The predicted molar refractivity (Wildman–Crippen MR) is 74.8 cm³/mol. The number of rotatable bonds is 6. The first kappa shape index (κ1) is 14.8. The summed E-state index contributed by atoms with van der Waals surface area (Å²) in [5.74, 6) is 0. The third-order valence-corrected chi connectivity index (χ3v) is 3.20. The van der Waals surface area contributed by atoms with Gasteiger partial charge in [-0.15, -0.1) is 0 Å². The van der Waals surface area contributed by atoms with Crippen molar-refractivity contribution < 1.29 is 14.4 Å². The second-order valence-corrected chi connectivity index (χ2v) is 4.65. The van der Waals surface area contributed by atoms with Crippen LogP contribution in [0.3, 0.4) is 0 Å². The van der Waals surface area contributed by atoms with Crippen LogP contribution in [-0.2, 0) is 16.2 Å². The van der Waals surface area contributed by atoms with Gasteiger partial charge in [0.15, 0.2) is 0 Å². The second kappa shape index (κ2) is 7.84. The number of carbonyl (C=O) groups is 1. The molecule has 2 rings (SSSR count). The SMILES string of the molecule is NC(=O)N(CCN1CCOCC1)OCc1ccccc1. The van der Waals surface area contributed by atoms with E-state index < -0.39 is 6.03 Å². The van der Waals surface area contributed by atoms with Crippen molar-refractivity contribution in [3.8, 4) is 0 Å². The molecular weight excluding hydrogens is 258 g/mol. The average molecular weight is 279 g/mol. The molecule has 1 aromatic carbocycles. The van der Waals surface area contributed by atoms with Gasteiger partial charge in [-0.2, -0.15) is 0 Å². The van der Waals surface area contributed by atoms with Gasteiger partial charge in [0.05, 0.1) is 19.8 Å². The second-order valence-electron chi connectivity index (χ2n) is 4.65. The third kappa shape index (κ3) is 4.80. The highest BCUT2D eigenvalue weighted by Crippen LogP contribution is 2.04. The zero-order valence-corrected chi connectivity index (χ0v) is 11.5. The van der Waals surface area contributed by atoms with Crippen LogP contribution in [0.2, 0.25) is 0 Å². The number of urea groups is 1. The summed E-state index contributed by atoms with van der Waals surface area (Å²) in [5, 5.41) is 1.22. The molecule has 1 aliphatic rings. The molecule has 0 radical (unpaired) electrons. The number of amides is 2. The van der Waals surface area contributed by atoms with E-state index in [1.165, 1.54) is 5.06 Å². The van der Waals surface area contributed by atoms with Crippen LogP contribution in [0, 0.1) is 0 Å². The molecule has 2 N–H and O–H groups in total. The molecule has 0 aromatic heterocycles. The molecule has 2 amide bonds. The van der Waals surface area contributed by atoms with E-state index in [2.05, 4.69) is 4.90 Å². The van der Waals surface area contributed by atoms with Gasteiger partial charge in [-0.05, 0) is 5.56 Å². The van der Waals surface area contributed by atoms with Crippen molar-refractivity contribution in [1.29, 1.82) is 0 Å². The zero-order chi connectivity index (χ0) is 14.2. The molecule has 20 heavy (non-hydrogen) atoms. The number of primary amides is 1. The number of nitrogens with two attached hydrogens (primary N) is 1. The molecule has 110 valence electrons. The Morgan fingerprint density at radius 1 is 1.30 bits per heavy atom. The molecule has 6 heteroatoms. The minimum atomic E-state index is -0.561.